The lowest BCUT2D eigenvalue weighted by Crippen LogP contribution is -2.64. The lowest BCUT2D eigenvalue weighted by atomic mass is 9.27. The van der Waals surface area contributed by atoms with E-state index in [0.717, 1.165) is 17.7 Å². The van der Waals surface area contributed by atoms with Crippen molar-refractivity contribution in [3.8, 4) is 0 Å². The van der Waals surface area contributed by atoms with Crippen molar-refractivity contribution in [1.29, 1.82) is 0 Å². The van der Waals surface area contributed by atoms with Gasteiger partial charge in [0.1, 0.15) is 0 Å². The Hall–Kier alpha value is 0.0249. The molecule has 0 aromatic carbocycles. The fraction of sp³-hybridized carbons (Fsp3) is 1.00. The second kappa shape index (κ2) is 3.07. The number of fused-ring (bicyclic) bond motifs is 1. The van der Waals surface area contributed by atoms with Gasteiger partial charge < -0.3 is 4.65 Å². The van der Waals surface area contributed by atoms with E-state index in [-0.39, 0.29) is 0 Å². The van der Waals surface area contributed by atoms with Gasteiger partial charge in [0, 0.05) is 6.10 Å². The Morgan fingerprint density at radius 3 is 2.25 bits per heavy atom. The van der Waals surface area contributed by atoms with Crippen LogP contribution < -0.4 is 0 Å². The van der Waals surface area contributed by atoms with E-state index in [4.69, 9.17) is 4.65 Å². The molecule has 0 spiro atoms. The minimum absolute atomic E-state index is 0.450. The maximum absolute atomic E-state index is 6.27. The monoisotopic (exact) mass is 220 g/mol. The van der Waals surface area contributed by atoms with Gasteiger partial charge >= 0.3 is 0 Å². The van der Waals surface area contributed by atoms with Crippen LogP contribution in [0.3, 0.4) is 0 Å². The highest BCUT2D eigenvalue weighted by atomic mass is 16.4. The molecule has 1 nitrogen and oxygen atoms in total. The first-order valence-corrected chi connectivity index (χ1v) is 7.01. The third-order valence-electron chi connectivity index (χ3n) is 6.38. The van der Waals surface area contributed by atoms with Gasteiger partial charge in [0.2, 0.25) is 0 Å². The molecule has 0 amide bonds. The van der Waals surface area contributed by atoms with Crippen molar-refractivity contribution < 1.29 is 4.65 Å². The van der Waals surface area contributed by atoms with E-state index in [0.29, 0.717) is 23.8 Å². The van der Waals surface area contributed by atoms with Gasteiger partial charge in [-0.25, -0.2) is 0 Å². The molecule has 3 atom stereocenters. The third-order valence-corrected chi connectivity index (χ3v) is 6.38. The van der Waals surface area contributed by atoms with Crippen LogP contribution in [0.25, 0.3) is 0 Å². The Kier molecular flexibility index (Phi) is 2.14. The first-order chi connectivity index (χ1) is 7.35. The molecule has 0 bridgehead atoms. The Labute approximate surface area is 100 Å². The molecule has 3 fully saturated rings. The molecule has 3 aliphatic rings. The van der Waals surface area contributed by atoms with Crippen LogP contribution in [-0.4, -0.2) is 13.0 Å². The molecule has 0 radical (unpaired) electrons. The predicted molar refractivity (Wildman–Crippen MR) is 68.6 cm³/mol. The summed E-state index contributed by atoms with van der Waals surface area (Å²) in [5, 5.41) is 0. The topological polar surface area (TPSA) is 9.23 Å². The first-order valence-electron chi connectivity index (χ1n) is 7.01. The highest BCUT2D eigenvalue weighted by molar-refractivity contribution is 6.53. The van der Waals surface area contributed by atoms with Crippen molar-refractivity contribution in [2.24, 2.45) is 22.7 Å². The van der Waals surface area contributed by atoms with Crippen molar-refractivity contribution >= 4 is 6.92 Å². The van der Waals surface area contributed by atoms with Gasteiger partial charge in [-0.15, -0.1) is 0 Å². The molecular weight excluding hydrogens is 195 g/mol. The summed E-state index contributed by atoms with van der Waals surface area (Å²) in [5.74, 6) is 2.59. The van der Waals surface area contributed by atoms with Crippen LogP contribution >= 0.6 is 0 Å². The Morgan fingerprint density at radius 2 is 1.69 bits per heavy atom. The van der Waals surface area contributed by atoms with Gasteiger partial charge in [-0.05, 0) is 47.7 Å². The summed E-state index contributed by atoms with van der Waals surface area (Å²) in [4.78, 5) is 0. The molecule has 1 saturated heterocycles. The molecule has 16 heavy (non-hydrogen) atoms. The van der Waals surface area contributed by atoms with Crippen LogP contribution in [-0.2, 0) is 4.65 Å². The molecule has 0 aromatic heterocycles. The summed E-state index contributed by atoms with van der Waals surface area (Å²) in [6, 6.07) is 0. The van der Waals surface area contributed by atoms with Gasteiger partial charge in [-0.3, -0.25) is 0 Å². The van der Waals surface area contributed by atoms with Gasteiger partial charge in [-0.2, -0.15) is 0 Å². The Bertz CT molecular complexity index is 306. The lowest BCUT2D eigenvalue weighted by Gasteiger charge is -2.69. The first kappa shape index (κ1) is 11.1. The normalized spacial score (nSPS) is 44.8. The van der Waals surface area contributed by atoms with E-state index in [2.05, 4.69) is 34.5 Å². The molecule has 3 unspecified atom stereocenters. The molecule has 90 valence electrons. The van der Waals surface area contributed by atoms with E-state index < -0.39 is 0 Å². The summed E-state index contributed by atoms with van der Waals surface area (Å²) in [5.41, 5.74) is 0.953. The molecule has 1 heterocycles. The zero-order valence-corrected chi connectivity index (χ0v) is 11.4. The molecule has 0 aromatic rings. The molecule has 2 saturated carbocycles. The predicted octanol–water partition coefficient (Wildman–Crippen LogP) is 3.86. The van der Waals surface area contributed by atoms with Crippen LogP contribution in [0.5, 0.6) is 0 Å². The van der Waals surface area contributed by atoms with Crippen molar-refractivity contribution in [2.45, 2.75) is 65.7 Å². The van der Waals surface area contributed by atoms with Crippen molar-refractivity contribution in [1.82, 2.24) is 0 Å². The highest BCUT2D eigenvalue weighted by Gasteiger charge is 2.66. The molecule has 2 heteroatoms. The Morgan fingerprint density at radius 1 is 1.06 bits per heavy atom. The minimum atomic E-state index is 0.450. The van der Waals surface area contributed by atoms with Gasteiger partial charge in [-0.1, -0.05) is 34.5 Å². The van der Waals surface area contributed by atoms with Crippen molar-refractivity contribution in [3.63, 3.8) is 0 Å². The van der Waals surface area contributed by atoms with Gasteiger partial charge in [0.25, 0.3) is 6.92 Å². The maximum Gasteiger partial charge on any atom is 0.294 e. The highest BCUT2D eigenvalue weighted by Crippen LogP contribution is 2.71. The second-order valence-electron chi connectivity index (χ2n) is 7.53. The zero-order chi connectivity index (χ0) is 11.7. The van der Waals surface area contributed by atoms with Crippen molar-refractivity contribution in [2.75, 3.05) is 0 Å². The van der Waals surface area contributed by atoms with E-state index in [1.807, 2.05) is 0 Å². The largest absolute Gasteiger partial charge is 0.433 e. The van der Waals surface area contributed by atoms with E-state index in [1.54, 1.807) is 0 Å². The second-order valence-corrected chi connectivity index (χ2v) is 7.53. The van der Waals surface area contributed by atoms with Gasteiger partial charge in [0.05, 0.1) is 0 Å². The third kappa shape index (κ3) is 1.23. The average molecular weight is 220 g/mol. The summed E-state index contributed by atoms with van der Waals surface area (Å²) < 4.78 is 6.27. The summed E-state index contributed by atoms with van der Waals surface area (Å²) in [6.45, 7) is 12.6. The number of hydrogen-bond acceptors (Lipinski definition) is 1. The minimum Gasteiger partial charge on any atom is -0.433 e. The molecule has 1 aliphatic heterocycles. The van der Waals surface area contributed by atoms with E-state index in [9.17, 15) is 0 Å². The standard InChI is InChI=1S/C14H25BO/c1-13(2)10-8-11(9-6-7-9)16-15(5)12(10)14(13,3)4/h9-12H,6-8H2,1-5H3. The maximum atomic E-state index is 6.27. The Balaban J connectivity index is 1.81. The van der Waals surface area contributed by atoms with E-state index >= 15 is 0 Å². The number of rotatable bonds is 1. The zero-order valence-electron chi connectivity index (χ0n) is 11.4. The van der Waals surface area contributed by atoms with Crippen molar-refractivity contribution in [3.05, 3.63) is 0 Å². The van der Waals surface area contributed by atoms with Crippen LogP contribution in [0, 0.1) is 22.7 Å². The molecular formula is C14H25BO. The summed E-state index contributed by atoms with van der Waals surface area (Å²) >= 11 is 0. The van der Waals surface area contributed by atoms with E-state index in [1.165, 1.54) is 19.3 Å². The van der Waals surface area contributed by atoms with Crippen LogP contribution in [0.15, 0.2) is 0 Å². The number of hydrogen-bond donors (Lipinski definition) is 0. The van der Waals surface area contributed by atoms with Gasteiger partial charge in [0.15, 0.2) is 0 Å². The van der Waals surface area contributed by atoms with Crippen LogP contribution in [0.2, 0.25) is 12.6 Å². The smallest absolute Gasteiger partial charge is 0.294 e. The summed E-state index contributed by atoms with van der Waals surface area (Å²) in [6.07, 6.45) is 4.75. The quantitative estimate of drug-likeness (QED) is 0.609. The SMILES string of the molecule is CB1OC(C2CC2)CC2C1C(C)(C)C2(C)C. The molecule has 3 rings (SSSR count). The fourth-order valence-electron chi connectivity index (χ4n) is 4.56. The average Bonchev–Trinajstić information content (AvgIpc) is 2.98. The van der Waals surface area contributed by atoms with Crippen LogP contribution in [0.4, 0.5) is 0 Å². The molecule has 2 aliphatic carbocycles. The summed E-state index contributed by atoms with van der Waals surface area (Å²) in [7, 11) is 0. The fourth-order valence-corrected chi connectivity index (χ4v) is 4.56. The van der Waals surface area contributed by atoms with Crippen LogP contribution in [0.1, 0.15) is 47.0 Å². The molecule has 0 N–H and O–H groups in total. The lowest BCUT2D eigenvalue weighted by molar-refractivity contribution is -0.135.